The molecular weight excluding hydrogens is 376 g/mol. The van der Waals surface area contributed by atoms with E-state index in [0.29, 0.717) is 11.1 Å². The van der Waals surface area contributed by atoms with Gasteiger partial charge in [-0.05, 0) is 36.8 Å². The number of nitrogens with zero attached hydrogens (tertiary/aromatic N) is 2. The number of ether oxygens (including phenoxy) is 1. The minimum atomic E-state index is -0.590. The molecule has 2 aromatic rings. The number of rotatable bonds is 3. The van der Waals surface area contributed by atoms with Crippen molar-refractivity contribution in [3.8, 4) is 0 Å². The third-order valence-corrected chi connectivity index (χ3v) is 3.92. The third-order valence-electron chi connectivity index (χ3n) is 3.43. The predicted molar refractivity (Wildman–Crippen MR) is 92.6 cm³/mol. The second-order valence-electron chi connectivity index (χ2n) is 5.15. The Morgan fingerprint density at radius 2 is 2.04 bits per heavy atom. The van der Waals surface area contributed by atoms with Crippen LogP contribution >= 0.6 is 15.9 Å². The van der Waals surface area contributed by atoms with Gasteiger partial charge in [0.05, 0.1) is 4.92 Å². The number of aryl methyl sites for hydroxylation is 1. The first-order valence-corrected chi connectivity index (χ1v) is 7.77. The van der Waals surface area contributed by atoms with Crippen LogP contribution in [-0.4, -0.2) is 16.8 Å². The molecule has 1 aliphatic heterocycles. The molecule has 2 aromatic carbocycles. The molecule has 0 saturated carbocycles. The first-order valence-electron chi connectivity index (χ1n) is 6.97. The van der Waals surface area contributed by atoms with Crippen LogP contribution in [0.4, 0.5) is 5.69 Å². The summed E-state index contributed by atoms with van der Waals surface area (Å²) in [5.74, 6) is -0.530. The van der Waals surface area contributed by atoms with Gasteiger partial charge in [0.15, 0.2) is 5.70 Å². The molecule has 0 unspecified atom stereocenters. The van der Waals surface area contributed by atoms with Crippen molar-refractivity contribution in [3.63, 3.8) is 0 Å². The van der Waals surface area contributed by atoms with E-state index in [2.05, 4.69) is 20.9 Å². The summed E-state index contributed by atoms with van der Waals surface area (Å²) in [6.07, 6.45) is 1.60. The fourth-order valence-corrected chi connectivity index (χ4v) is 2.64. The van der Waals surface area contributed by atoms with Gasteiger partial charge in [-0.15, -0.1) is 0 Å². The topological polar surface area (TPSA) is 81.8 Å². The molecule has 24 heavy (non-hydrogen) atoms. The van der Waals surface area contributed by atoms with Crippen LogP contribution in [0.25, 0.3) is 6.08 Å². The Kier molecular flexibility index (Phi) is 4.26. The molecule has 0 aliphatic carbocycles. The monoisotopic (exact) mass is 386 g/mol. The molecule has 0 atom stereocenters. The van der Waals surface area contributed by atoms with Crippen molar-refractivity contribution in [2.75, 3.05) is 0 Å². The lowest BCUT2D eigenvalue weighted by molar-refractivity contribution is -0.385. The van der Waals surface area contributed by atoms with E-state index in [4.69, 9.17) is 4.74 Å². The number of benzene rings is 2. The molecule has 0 N–H and O–H groups in total. The van der Waals surface area contributed by atoms with Crippen LogP contribution in [0.15, 0.2) is 57.6 Å². The highest BCUT2D eigenvalue weighted by atomic mass is 79.9. The van der Waals surface area contributed by atoms with E-state index in [1.807, 2.05) is 24.3 Å². The largest absolute Gasteiger partial charge is 0.402 e. The van der Waals surface area contributed by atoms with Crippen LogP contribution in [0.1, 0.15) is 16.7 Å². The second kappa shape index (κ2) is 6.37. The summed E-state index contributed by atoms with van der Waals surface area (Å²) in [4.78, 5) is 26.7. The average molecular weight is 387 g/mol. The maximum atomic E-state index is 12.0. The van der Waals surface area contributed by atoms with Crippen LogP contribution in [0.5, 0.6) is 0 Å². The molecule has 1 heterocycles. The Labute approximate surface area is 145 Å². The number of hydrogen-bond donors (Lipinski definition) is 0. The van der Waals surface area contributed by atoms with E-state index in [1.54, 1.807) is 25.1 Å². The zero-order chi connectivity index (χ0) is 17.3. The number of nitro benzene ring substituents is 1. The number of carbonyl (C=O) groups is 1. The summed E-state index contributed by atoms with van der Waals surface area (Å²) in [5, 5.41) is 11.0. The molecule has 3 rings (SSSR count). The van der Waals surface area contributed by atoms with E-state index in [-0.39, 0.29) is 17.3 Å². The molecular formula is C17H11BrN2O4. The molecule has 0 radical (unpaired) electrons. The number of nitro groups is 1. The normalized spacial score (nSPS) is 15.3. The number of esters is 1. The molecule has 120 valence electrons. The number of halogens is 1. The summed E-state index contributed by atoms with van der Waals surface area (Å²) in [5.41, 5.74) is 1.80. The van der Waals surface area contributed by atoms with Crippen LogP contribution in [0.3, 0.4) is 0 Å². The summed E-state index contributed by atoms with van der Waals surface area (Å²) in [7, 11) is 0. The number of aliphatic imine (C=N–C) groups is 1. The third kappa shape index (κ3) is 3.26. The fourth-order valence-electron chi connectivity index (χ4n) is 2.23. The first-order chi connectivity index (χ1) is 11.4. The highest BCUT2D eigenvalue weighted by Gasteiger charge is 2.25. The van der Waals surface area contributed by atoms with Gasteiger partial charge in [0, 0.05) is 21.7 Å². The van der Waals surface area contributed by atoms with Gasteiger partial charge in [0.1, 0.15) is 0 Å². The van der Waals surface area contributed by atoms with Gasteiger partial charge in [0.25, 0.3) is 5.69 Å². The van der Waals surface area contributed by atoms with Crippen LogP contribution in [-0.2, 0) is 9.53 Å². The standard InChI is InChI=1S/C17H11BrN2O4/c1-10-5-6-12(9-15(10)20(22)23)16-19-14(17(21)24-16)8-11-3-2-4-13(18)7-11/h2-9H,1H3/b14-8+. The van der Waals surface area contributed by atoms with Crippen molar-refractivity contribution in [3.05, 3.63) is 79.4 Å². The zero-order valence-corrected chi connectivity index (χ0v) is 14.1. The fraction of sp³-hybridized carbons (Fsp3) is 0.0588. The summed E-state index contributed by atoms with van der Waals surface area (Å²) in [6, 6.07) is 12.0. The maximum Gasteiger partial charge on any atom is 0.363 e. The highest BCUT2D eigenvalue weighted by molar-refractivity contribution is 9.10. The first kappa shape index (κ1) is 16.1. The van der Waals surface area contributed by atoms with Crippen molar-refractivity contribution < 1.29 is 14.5 Å². The Balaban J connectivity index is 1.98. The Hall–Kier alpha value is -2.80. The Morgan fingerprint density at radius 1 is 1.25 bits per heavy atom. The minimum absolute atomic E-state index is 0.0457. The zero-order valence-electron chi connectivity index (χ0n) is 12.5. The highest BCUT2D eigenvalue weighted by Crippen LogP contribution is 2.24. The SMILES string of the molecule is Cc1ccc(C2=N/C(=C/c3cccc(Br)c3)C(=O)O2)cc1[N+](=O)[O-]. The smallest absolute Gasteiger partial charge is 0.363 e. The quantitative estimate of drug-likeness (QED) is 0.345. The molecule has 0 amide bonds. The van der Waals surface area contributed by atoms with Crippen molar-refractivity contribution in [1.29, 1.82) is 0 Å². The summed E-state index contributed by atoms with van der Waals surface area (Å²) in [6.45, 7) is 1.64. The van der Waals surface area contributed by atoms with E-state index in [9.17, 15) is 14.9 Å². The maximum absolute atomic E-state index is 12.0. The van der Waals surface area contributed by atoms with Crippen LogP contribution < -0.4 is 0 Å². The van der Waals surface area contributed by atoms with Gasteiger partial charge in [0.2, 0.25) is 5.90 Å². The molecule has 0 fully saturated rings. The van der Waals surface area contributed by atoms with Crippen molar-refractivity contribution in [2.45, 2.75) is 6.92 Å². The minimum Gasteiger partial charge on any atom is -0.402 e. The lowest BCUT2D eigenvalue weighted by atomic mass is 10.1. The lowest BCUT2D eigenvalue weighted by Crippen LogP contribution is -2.06. The van der Waals surface area contributed by atoms with Crippen LogP contribution in [0.2, 0.25) is 0 Å². The van der Waals surface area contributed by atoms with Gasteiger partial charge in [-0.3, -0.25) is 10.1 Å². The number of carbonyl (C=O) groups excluding carboxylic acids is 1. The summed E-state index contributed by atoms with van der Waals surface area (Å²) >= 11 is 3.36. The Morgan fingerprint density at radius 3 is 2.75 bits per heavy atom. The van der Waals surface area contributed by atoms with E-state index < -0.39 is 10.9 Å². The van der Waals surface area contributed by atoms with Crippen molar-refractivity contribution in [1.82, 2.24) is 0 Å². The molecule has 1 aliphatic rings. The molecule has 7 heteroatoms. The number of cyclic esters (lactones) is 1. The molecule has 0 spiro atoms. The lowest BCUT2D eigenvalue weighted by Gasteiger charge is -2.01. The number of hydrogen-bond acceptors (Lipinski definition) is 5. The van der Waals surface area contributed by atoms with Gasteiger partial charge < -0.3 is 4.74 Å². The molecule has 0 bridgehead atoms. The van der Waals surface area contributed by atoms with Gasteiger partial charge in [-0.25, -0.2) is 9.79 Å². The summed E-state index contributed by atoms with van der Waals surface area (Å²) < 4.78 is 6.02. The van der Waals surface area contributed by atoms with Crippen LogP contribution in [0, 0.1) is 17.0 Å². The van der Waals surface area contributed by atoms with E-state index in [1.165, 1.54) is 6.07 Å². The average Bonchev–Trinajstić information content (AvgIpc) is 2.88. The van der Waals surface area contributed by atoms with Gasteiger partial charge >= 0.3 is 5.97 Å². The van der Waals surface area contributed by atoms with E-state index >= 15 is 0 Å². The second-order valence-corrected chi connectivity index (χ2v) is 6.07. The molecule has 6 nitrogen and oxygen atoms in total. The Bertz CT molecular complexity index is 919. The van der Waals surface area contributed by atoms with E-state index in [0.717, 1.165) is 10.0 Å². The predicted octanol–water partition coefficient (Wildman–Crippen LogP) is 4.01. The van der Waals surface area contributed by atoms with Gasteiger partial charge in [-0.1, -0.05) is 34.1 Å². The molecule has 0 saturated heterocycles. The van der Waals surface area contributed by atoms with Crippen molar-refractivity contribution in [2.24, 2.45) is 4.99 Å². The molecule has 0 aromatic heterocycles. The van der Waals surface area contributed by atoms with Gasteiger partial charge in [-0.2, -0.15) is 0 Å². The van der Waals surface area contributed by atoms with Crippen molar-refractivity contribution >= 4 is 39.6 Å².